The molecule has 0 atom stereocenters. The van der Waals surface area contributed by atoms with E-state index >= 15 is 0 Å². The van der Waals surface area contributed by atoms with Gasteiger partial charge in [-0.1, -0.05) is 32.6 Å². The summed E-state index contributed by atoms with van der Waals surface area (Å²) < 4.78 is 10.7. The minimum atomic E-state index is 0.856. The molecular weight excluding hydrogens is 188 g/mol. The number of ether oxygens (including phenoxy) is 2. The highest BCUT2D eigenvalue weighted by Gasteiger charge is 1.92. The lowest BCUT2D eigenvalue weighted by atomic mass is 10.1. The number of unbranched alkanes of at least 4 members (excludes halogenated alkanes) is 5. The second-order valence-electron chi connectivity index (χ2n) is 3.93. The van der Waals surface area contributed by atoms with Crippen LogP contribution in [0, 0.1) is 0 Å². The zero-order valence-electron chi connectivity index (χ0n) is 10.6. The zero-order valence-corrected chi connectivity index (χ0v) is 10.6. The SMILES string of the molecule is CCCOCCCCCCCCOCC. The van der Waals surface area contributed by atoms with Crippen molar-refractivity contribution in [2.45, 2.75) is 58.8 Å². The van der Waals surface area contributed by atoms with E-state index in [9.17, 15) is 0 Å². The Morgan fingerprint density at radius 1 is 0.600 bits per heavy atom. The fourth-order valence-electron chi connectivity index (χ4n) is 1.51. The molecule has 0 aromatic carbocycles. The van der Waals surface area contributed by atoms with Crippen LogP contribution in [0.2, 0.25) is 0 Å². The van der Waals surface area contributed by atoms with Gasteiger partial charge < -0.3 is 9.47 Å². The average Bonchev–Trinajstić information content (AvgIpc) is 2.26. The summed E-state index contributed by atoms with van der Waals surface area (Å²) in [4.78, 5) is 0. The van der Waals surface area contributed by atoms with Crippen LogP contribution in [0.3, 0.4) is 0 Å². The normalized spacial score (nSPS) is 10.8. The summed E-state index contributed by atoms with van der Waals surface area (Å²) in [5, 5.41) is 0. The molecule has 0 spiro atoms. The maximum atomic E-state index is 5.42. The lowest BCUT2D eigenvalue weighted by molar-refractivity contribution is 0.130. The number of hydrogen-bond acceptors (Lipinski definition) is 2. The van der Waals surface area contributed by atoms with Crippen LogP contribution in [-0.2, 0) is 9.47 Å². The molecule has 0 aliphatic carbocycles. The predicted octanol–water partition coefficient (Wildman–Crippen LogP) is 3.79. The minimum absolute atomic E-state index is 0.856. The molecule has 0 aliphatic rings. The Labute approximate surface area is 95.3 Å². The van der Waals surface area contributed by atoms with E-state index in [2.05, 4.69) is 13.8 Å². The van der Waals surface area contributed by atoms with Crippen LogP contribution in [-0.4, -0.2) is 26.4 Å². The Morgan fingerprint density at radius 3 is 1.67 bits per heavy atom. The van der Waals surface area contributed by atoms with Crippen molar-refractivity contribution in [3.63, 3.8) is 0 Å². The highest BCUT2D eigenvalue weighted by Crippen LogP contribution is 2.05. The van der Waals surface area contributed by atoms with Crippen molar-refractivity contribution in [3.8, 4) is 0 Å². The largest absolute Gasteiger partial charge is 0.382 e. The fourth-order valence-corrected chi connectivity index (χ4v) is 1.51. The summed E-state index contributed by atoms with van der Waals surface area (Å²) >= 11 is 0. The molecule has 0 amide bonds. The third kappa shape index (κ3) is 13.9. The Hall–Kier alpha value is -0.0800. The Morgan fingerprint density at radius 2 is 1.13 bits per heavy atom. The van der Waals surface area contributed by atoms with Crippen LogP contribution in [0.5, 0.6) is 0 Å². The van der Waals surface area contributed by atoms with Crippen LogP contribution >= 0.6 is 0 Å². The third-order valence-corrected chi connectivity index (χ3v) is 2.38. The number of hydrogen-bond donors (Lipinski definition) is 0. The zero-order chi connectivity index (χ0) is 11.2. The summed E-state index contributed by atoms with van der Waals surface area (Å²) in [6, 6.07) is 0. The molecule has 2 nitrogen and oxygen atoms in total. The van der Waals surface area contributed by atoms with Gasteiger partial charge in [0.05, 0.1) is 0 Å². The van der Waals surface area contributed by atoms with Gasteiger partial charge in [-0.2, -0.15) is 0 Å². The van der Waals surface area contributed by atoms with Crippen LogP contribution in [0.1, 0.15) is 58.8 Å². The van der Waals surface area contributed by atoms with E-state index in [1.54, 1.807) is 0 Å². The van der Waals surface area contributed by atoms with E-state index in [-0.39, 0.29) is 0 Å². The summed E-state index contributed by atoms with van der Waals surface area (Å²) in [6.45, 7) is 7.88. The molecule has 0 N–H and O–H groups in total. The second kappa shape index (κ2) is 13.9. The van der Waals surface area contributed by atoms with Gasteiger partial charge in [0.25, 0.3) is 0 Å². The molecule has 0 aromatic rings. The predicted molar refractivity (Wildman–Crippen MR) is 65.3 cm³/mol. The van der Waals surface area contributed by atoms with Gasteiger partial charge in [-0.05, 0) is 26.2 Å². The molecule has 0 radical (unpaired) electrons. The van der Waals surface area contributed by atoms with E-state index in [1.807, 2.05) is 0 Å². The van der Waals surface area contributed by atoms with Crippen molar-refractivity contribution < 1.29 is 9.47 Å². The quantitative estimate of drug-likeness (QED) is 0.462. The van der Waals surface area contributed by atoms with Crippen molar-refractivity contribution in [1.82, 2.24) is 0 Å². The van der Waals surface area contributed by atoms with Gasteiger partial charge in [-0.25, -0.2) is 0 Å². The summed E-state index contributed by atoms with van der Waals surface area (Å²) in [7, 11) is 0. The molecule has 0 aromatic heterocycles. The molecule has 0 saturated carbocycles. The second-order valence-corrected chi connectivity index (χ2v) is 3.93. The van der Waals surface area contributed by atoms with Gasteiger partial charge >= 0.3 is 0 Å². The molecule has 2 heteroatoms. The van der Waals surface area contributed by atoms with Crippen LogP contribution < -0.4 is 0 Å². The molecular formula is C13H28O2. The third-order valence-electron chi connectivity index (χ3n) is 2.38. The van der Waals surface area contributed by atoms with E-state index in [0.717, 1.165) is 32.8 Å². The molecule has 0 rings (SSSR count). The highest BCUT2D eigenvalue weighted by molar-refractivity contribution is 4.45. The lowest BCUT2D eigenvalue weighted by Crippen LogP contribution is -1.96. The first-order chi connectivity index (χ1) is 7.41. The van der Waals surface area contributed by atoms with E-state index < -0.39 is 0 Å². The molecule has 0 fully saturated rings. The molecule has 0 unspecified atom stereocenters. The van der Waals surface area contributed by atoms with Gasteiger partial charge in [0.2, 0.25) is 0 Å². The lowest BCUT2D eigenvalue weighted by Gasteiger charge is -2.03. The van der Waals surface area contributed by atoms with E-state index in [4.69, 9.17) is 9.47 Å². The van der Waals surface area contributed by atoms with Crippen LogP contribution in [0.25, 0.3) is 0 Å². The van der Waals surface area contributed by atoms with Crippen molar-refractivity contribution in [1.29, 1.82) is 0 Å². The van der Waals surface area contributed by atoms with Crippen molar-refractivity contribution in [3.05, 3.63) is 0 Å². The van der Waals surface area contributed by atoms with Crippen LogP contribution in [0.4, 0.5) is 0 Å². The van der Waals surface area contributed by atoms with Gasteiger partial charge in [0, 0.05) is 26.4 Å². The van der Waals surface area contributed by atoms with Gasteiger partial charge in [-0.15, -0.1) is 0 Å². The van der Waals surface area contributed by atoms with Gasteiger partial charge in [-0.3, -0.25) is 0 Å². The van der Waals surface area contributed by atoms with E-state index in [0.29, 0.717) is 0 Å². The first kappa shape index (κ1) is 14.9. The average molecular weight is 216 g/mol. The van der Waals surface area contributed by atoms with Gasteiger partial charge in [0.1, 0.15) is 0 Å². The first-order valence-corrected chi connectivity index (χ1v) is 6.57. The molecule has 0 saturated heterocycles. The molecule has 0 aliphatic heterocycles. The monoisotopic (exact) mass is 216 g/mol. The highest BCUT2D eigenvalue weighted by atomic mass is 16.5. The van der Waals surface area contributed by atoms with Crippen molar-refractivity contribution >= 4 is 0 Å². The fraction of sp³-hybridized carbons (Fsp3) is 1.00. The summed E-state index contributed by atoms with van der Waals surface area (Å²) in [6.07, 6.45) is 8.92. The standard InChI is InChI=1S/C13H28O2/c1-3-11-15-13-10-8-6-5-7-9-12-14-4-2/h3-13H2,1-2H3. The van der Waals surface area contributed by atoms with E-state index in [1.165, 1.54) is 38.5 Å². The van der Waals surface area contributed by atoms with Crippen LogP contribution in [0.15, 0.2) is 0 Å². The summed E-state index contributed by atoms with van der Waals surface area (Å²) in [5.74, 6) is 0. The summed E-state index contributed by atoms with van der Waals surface area (Å²) in [5.41, 5.74) is 0. The number of rotatable bonds is 12. The smallest absolute Gasteiger partial charge is 0.0466 e. The Bertz CT molecular complexity index is 92.7. The topological polar surface area (TPSA) is 18.5 Å². The molecule has 15 heavy (non-hydrogen) atoms. The molecule has 92 valence electrons. The Kier molecular flexibility index (Phi) is 13.8. The molecule has 0 bridgehead atoms. The van der Waals surface area contributed by atoms with Crippen molar-refractivity contribution in [2.24, 2.45) is 0 Å². The van der Waals surface area contributed by atoms with Crippen molar-refractivity contribution in [2.75, 3.05) is 26.4 Å². The first-order valence-electron chi connectivity index (χ1n) is 6.57. The molecule has 0 heterocycles. The minimum Gasteiger partial charge on any atom is -0.382 e. The Balaban J connectivity index is 2.81. The van der Waals surface area contributed by atoms with Gasteiger partial charge in [0.15, 0.2) is 0 Å². The maximum Gasteiger partial charge on any atom is 0.0466 e. The maximum absolute atomic E-state index is 5.42.